The van der Waals surface area contributed by atoms with Gasteiger partial charge in [0.05, 0.1) is 5.69 Å². The van der Waals surface area contributed by atoms with Crippen molar-refractivity contribution in [1.29, 1.82) is 0 Å². The number of urea groups is 1. The highest BCUT2D eigenvalue weighted by molar-refractivity contribution is 9.10. The first-order valence-electron chi connectivity index (χ1n) is 16.8. The van der Waals surface area contributed by atoms with Crippen LogP contribution in [0.15, 0.2) is 131 Å². The zero-order valence-electron chi connectivity index (χ0n) is 27.2. The first-order chi connectivity index (χ1) is 24.4. The van der Waals surface area contributed by atoms with E-state index in [1.165, 1.54) is 22.9 Å². The Balaban J connectivity index is 1.15. The number of hydrogen-bond donors (Lipinski definition) is 1. The summed E-state index contributed by atoms with van der Waals surface area (Å²) in [7, 11) is 0. The lowest BCUT2D eigenvalue weighted by Gasteiger charge is -2.44. The second-order valence-corrected chi connectivity index (χ2v) is 13.8. The largest absolute Gasteiger partial charge is 0.489 e. The lowest BCUT2D eigenvalue weighted by Crippen LogP contribution is -2.54. The molecule has 50 heavy (non-hydrogen) atoms. The number of amides is 4. The molecule has 0 spiro atoms. The van der Waals surface area contributed by atoms with Crippen LogP contribution in [0, 0.1) is 0 Å². The fourth-order valence-electron chi connectivity index (χ4n) is 7.43. The Bertz CT molecular complexity index is 2040. The van der Waals surface area contributed by atoms with E-state index in [4.69, 9.17) is 4.74 Å². The van der Waals surface area contributed by atoms with Crippen molar-refractivity contribution >= 4 is 51.2 Å². The number of carbonyl (C=O) groups excluding carboxylic acids is 3. The van der Waals surface area contributed by atoms with Gasteiger partial charge in [-0.1, -0.05) is 101 Å². The summed E-state index contributed by atoms with van der Waals surface area (Å²) in [5.74, 6) is -0.525. The second-order valence-electron chi connectivity index (χ2n) is 12.9. The van der Waals surface area contributed by atoms with Crippen LogP contribution in [0.5, 0.6) is 5.75 Å². The minimum atomic E-state index is -0.753. The van der Waals surface area contributed by atoms with E-state index >= 15 is 0 Å². The molecule has 5 aromatic carbocycles. The van der Waals surface area contributed by atoms with E-state index < -0.39 is 17.8 Å². The van der Waals surface area contributed by atoms with Gasteiger partial charge in [0.25, 0.3) is 11.8 Å². The SMILES string of the molecule is O=C1NC(=O)N(c2cc3c4c(c2)[C@@H](c2ccccc2)CCN4CC[C@@H]3c2ccccc2)C(=O)/C1=C/c1ccc(OCc2ccc(Br)cc2)cc1. The monoisotopic (exact) mass is 723 g/mol. The van der Waals surface area contributed by atoms with Crippen LogP contribution >= 0.6 is 15.9 Å². The second kappa shape index (κ2) is 13.4. The van der Waals surface area contributed by atoms with E-state index in [0.717, 1.165) is 52.0 Å². The molecule has 3 heterocycles. The van der Waals surface area contributed by atoms with Crippen LogP contribution < -0.4 is 19.9 Å². The van der Waals surface area contributed by atoms with Gasteiger partial charge in [0.15, 0.2) is 0 Å². The van der Waals surface area contributed by atoms with Gasteiger partial charge < -0.3 is 9.64 Å². The molecular weight excluding hydrogens is 690 g/mol. The maximum atomic E-state index is 14.2. The van der Waals surface area contributed by atoms with Crippen molar-refractivity contribution in [2.24, 2.45) is 0 Å². The molecule has 3 aliphatic heterocycles. The summed E-state index contributed by atoms with van der Waals surface area (Å²) in [6, 6.07) is 39.1. The molecule has 2 atom stereocenters. The molecule has 7 nitrogen and oxygen atoms in total. The topological polar surface area (TPSA) is 79.0 Å². The molecule has 4 amide bonds. The predicted molar refractivity (Wildman–Crippen MR) is 198 cm³/mol. The normalized spacial score (nSPS) is 19.3. The number of barbiturate groups is 1. The maximum Gasteiger partial charge on any atom is 0.335 e. The van der Waals surface area contributed by atoms with E-state index in [1.54, 1.807) is 24.3 Å². The molecular formula is C42H34BrN3O4. The minimum Gasteiger partial charge on any atom is -0.489 e. The van der Waals surface area contributed by atoms with Crippen molar-refractivity contribution in [3.05, 3.63) is 165 Å². The van der Waals surface area contributed by atoms with E-state index in [2.05, 4.69) is 74.7 Å². The summed E-state index contributed by atoms with van der Waals surface area (Å²) >= 11 is 3.44. The summed E-state index contributed by atoms with van der Waals surface area (Å²) in [5, 5.41) is 2.43. The number of benzene rings is 5. The fourth-order valence-corrected chi connectivity index (χ4v) is 7.70. The number of hydrogen-bond acceptors (Lipinski definition) is 5. The minimum absolute atomic E-state index is 0.0970. The van der Waals surface area contributed by atoms with Gasteiger partial charge in [0.1, 0.15) is 17.9 Å². The zero-order chi connectivity index (χ0) is 34.2. The maximum absolute atomic E-state index is 14.2. The van der Waals surface area contributed by atoms with Crippen molar-refractivity contribution in [2.45, 2.75) is 31.3 Å². The average Bonchev–Trinajstić information content (AvgIpc) is 3.14. The Labute approximate surface area is 299 Å². The molecule has 0 bridgehead atoms. The van der Waals surface area contributed by atoms with E-state index in [1.807, 2.05) is 48.5 Å². The van der Waals surface area contributed by atoms with Gasteiger partial charge in [-0.15, -0.1) is 0 Å². The molecule has 1 fully saturated rings. The van der Waals surface area contributed by atoms with Gasteiger partial charge in [-0.2, -0.15) is 0 Å². The highest BCUT2D eigenvalue weighted by Crippen LogP contribution is 2.50. The number of anilines is 2. The van der Waals surface area contributed by atoms with Crippen LogP contribution in [0.3, 0.4) is 0 Å². The lowest BCUT2D eigenvalue weighted by atomic mass is 9.76. The van der Waals surface area contributed by atoms with Gasteiger partial charge in [-0.05, 0) is 88.7 Å². The van der Waals surface area contributed by atoms with Gasteiger partial charge in [0, 0.05) is 35.1 Å². The third kappa shape index (κ3) is 6.11. The molecule has 0 aliphatic carbocycles. The van der Waals surface area contributed by atoms with Crippen LogP contribution in [0.2, 0.25) is 0 Å². The Morgan fingerprint density at radius 3 is 1.90 bits per heavy atom. The van der Waals surface area contributed by atoms with Crippen LogP contribution in [0.25, 0.3) is 6.08 Å². The smallest absolute Gasteiger partial charge is 0.335 e. The summed E-state index contributed by atoms with van der Waals surface area (Å²) in [4.78, 5) is 44.4. The molecule has 5 aromatic rings. The van der Waals surface area contributed by atoms with Gasteiger partial charge in [-0.3, -0.25) is 14.9 Å². The number of imide groups is 2. The molecule has 248 valence electrons. The van der Waals surface area contributed by atoms with Crippen molar-refractivity contribution in [2.75, 3.05) is 22.9 Å². The number of carbonyl (C=O) groups is 3. The molecule has 0 unspecified atom stereocenters. The first-order valence-corrected chi connectivity index (χ1v) is 17.6. The average molecular weight is 725 g/mol. The Morgan fingerprint density at radius 1 is 0.740 bits per heavy atom. The fraction of sp³-hybridized carbons (Fsp3) is 0.167. The molecule has 0 radical (unpaired) electrons. The summed E-state index contributed by atoms with van der Waals surface area (Å²) < 4.78 is 6.93. The molecule has 3 aliphatic rings. The number of halogens is 1. The van der Waals surface area contributed by atoms with Crippen LogP contribution in [-0.4, -0.2) is 30.9 Å². The Morgan fingerprint density at radius 2 is 1.32 bits per heavy atom. The third-order valence-corrected chi connectivity index (χ3v) is 10.4. The van der Waals surface area contributed by atoms with Crippen LogP contribution in [-0.2, 0) is 16.2 Å². The molecule has 8 rings (SSSR count). The van der Waals surface area contributed by atoms with Crippen LogP contribution in [0.4, 0.5) is 16.2 Å². The van der Waals surface area contributed by atoms with E-state index in [0.29, 0.717) is 23.6 Å². The molecule has 0 aromatic heterocycles. The van der Waals surface area contributed by atoms with Crippen LogP contribution in [0.1, 0.15) is 58.1 Å². The summed E-state index contributed by atoms with van der Waals surface area (Å²) in [6.45, 7) is 2.26. The molecule has 1 saturated heterocycles. The van der Waals surface area contributed by atoms with E-state index in [-0.39, 0.29) is 17.4 Å². The highest BCUT2D eigenvalue weighted by Gasteiger charge is 2.40. The van der Waals surface area contributed by atoms with Crippen molar-refractivity contribution in [3.8, 4) is 5.75 Å². The lowest BCUT2D eigenvalue weighted by molar-refractivity contribution is -0.122. The molecule has 8 heteroatoms. The quantitative estimate of drug-likeness (QED) is 0.135. The summed E-state index contributed by atoms with van der Waals surface area (Å²) in [6.07, 6.45) is 3.37. The molecule has 0 saturated carbocycles. The van der Waals surface area contributed by atoms with Gasteiger partial charge in [-0.25, -0.2) is 9.69 Å². The standard InChI is InChI=1S/C42H34BrN3O4/c43-31-15-11-28(12-16-31)26-50-33-17-13-27(14-18-33)23-38-40(47)44-42(49)46(41(38)48)32-24-36-34(29-7-3-1-4-8-29)19-21-45-22-20-35(37(25-32)39(36)45)30-9-5-2-6-10-30/h1-18,23-25,34-35H,19-22,26H2,(H,44,47,49)/b38-23+/t34-,35-/m1/s1. The number of rotatable bonds is 7. The number of nitrogens with one attached hydrogen (secondary N) is 1. The first kappa shape index (κ1) is 31.8. The van der Waals surface area contributed by atoms with Crippen molar-refractivity contribution < 1.29 is 19.1 Å². The third-order valence-electron chi connectivity index (χ3n) is 9.87. The van der Waals surface area contributed by atoms with E-state index in [9.17, 15) is 14.4 Å². The Kier molecular flexibility index (Phi) is 8.54. The van der Waals surface area contributed by atoms with Crippen molar-refractivity contribution in [1.82, 2.24) is 5.32 Å². The highest BCUT2D eigenvalue weighted by atomic mass is 79.9. The predicted octanol–water partition coefficient (Wildman–Crippen LogP) is 8.57. The van der Waals surface area contributed by atoms with Crippen molar-refractivity contribution in [3.63, 3.8) is 0 Å². The number of nitrogens with zero attached hydrogens (tertiary/aromatic N) is 2. The summed E-state index contributed by atoms with van der Waals surface area (Å²) in [5.41, 5.74) is 7.79. The Hall–Kier alpha value is -5.47. The number of ether oxygens (including phenoxy) is 1. The zero-order valence-corrected chi connectivity index (χ0v) is 28.8. The molecule has 1 N–H and O–H groups in total. The van der Waals surface area contributed by atoms with Gasteiger partial charge in [0.2, 0.25) is 0 Å². The van der Waals surface area contributed by atoms with Gasteiger partial charge >= 0.3 is 6.03 Å².